The fourth-order valence-corrected chi connectivity index (χ4v) is 1.96. The first kappa shape index (κ1) is 9.69. The van der Waals surface area contributed by atoms with E-state index in [1.807, 2.05) is 19.1 Å². The molecule has 76 valence electrons. The molecule has 0 radical (unpaired) electrons. The second-order valence-corrected chi connectivity index (χ2v) is 3.82. The zero-order valence-electron chi connectivity index (χ0n) is 8.86. The van der Waals surface area contributed by atoms with Crippen LogP contribution in [0.25, 0.3) is 0 Å². The zero-order valence-corrected chi connectivity index (χ0v) is 8.86. The third-order valence-electron chi connectivity index (χ3n) is 2.67. The van der Waals surface area contributed by atoms with Crippen LogP contribution >= 0.6 is 0 Å². The molecule has 1 aliphatic rings. The van der Waals surface area contributed by atoms with Crippen LogP contribution in [0.5, 0.6) is 0 Å². The van der Waals surface area contributed by atoms with Gasteiger partial charge in [0.05, 0.1) is 6.10 Å². The van der Waals surface area contributed by atoms with Gasteiger partial charge in [-0.1, -0.05) is 24.3 Å². The molecule has 2 heteroatoms. The van der Waals surface area contributed by atoms with E-state index >= 15 is 0 Å². The van der Waals surface area contributed by atoms with E-state index in [0.717, 1.165) is 0 Å². The molecule has 1 fully saturated rings. The first-order valence-electron chi connectivity index (χ1n) is 5.05. The minimum absolute atomic E-state index is 0.0883. The van der Waals surface area contributed by atoms with E-state index in [4.69, 9.17) is 9.47 Å². The van der Waals surface area contributed by atoms with Crippen LogP contribution < -0.4 is 0 Å². The fraction of sp³-hybridized carbons (Fsp3) is 0.500. The Bertz CT molecular complexity index is 322. The molecule has 3 unspecified atom stereocenters. The molecular weight excluding hydrogens is 176 g/mol. The number of benzene rings is 1. The maximum atomic E-state index is 5.72. The fourth-order valence-electron chi connectivity index (χ4n) is 1.96. The third-order valence-corrected chi connectivity index (χ3v) is 2.67. The van der Waals surface area contributed by atoms with Crippen LogP contribution in [0.1, 0.15) is 31.1 Å². The van der Waals surface area contributed by atoms with Crippen molar-refractivity contribution >= 4 is 0 Å². The van der Waals surface area contributed by atoms with E-state index in [1.165, 1.54) is 11.1 Å². The van der Waals surface area contributed by atoms with Crippen molar-refractivity contribution in [2.45, 2.75) is 39.3 Å². The largest absolute Gasteiger partial charge is 0.347 e. The summed E-state index contributed by atoms with van der Waals surface area (Å²) in [5.74, 6) is 0. The highest BCUT2D eigenvalue weighted by Crippen LogP contribution is 2.33. The van der Waals surface area contributed by atoms with Gasteiger partial charge in [-0.3, -0.25) is 0 Å². The maximum absolute atomic E-state index is 5.72. The smallest absolute Gasteiger partial charge is 0.156 e. The zero-order chi connectivity index (χ0) is 10.1. The Morgan fingerprint density at radius 3 is 2.36 bits per heavy atom. The Morgan fingerprint density at radius 1 is 1.07 bits per heavy atom. The second kappa shape index (κ2) is 3.71. The minimum Gasteiger partial charge on any atom is -0.347 e. The van der Waals surface area contributed by atoms with Crippen molar-refractivity contribution in [3.05, 3.63) is 35.4 Å². The van der Waals surface area contributed by atoms with E-state index < -0.39 is 0 Å². The van der Waals surface area contributed by atoms with E-state index in [1.54, 1.807) is 0 Å². The normalized spacial score (nSPS) is 32.1. The molecule has 0 saturated carbocycles. The maximum Gasteiger partial charge on any atom is 0.156 e. The van der Waals surface area contributed by atoms with Gasteiger partial charge in [-0.15, -0.1) is 0 Å². The first-order valence-corrected chi connectivity index (χ1v) is 5.05. The molecule has 0 aromatic heterocycles. The lowest BCUT2D eigenvalue weighted by molar-refractivity contribution is -0.0495. The number of hydrogen-bond acceptors (Lipinski definition) is 2. The molecule has 0 spiro atoms. The SMILES string of the molecule is Cc1ccccc1C1OC(C)OC1C. The highest BCUT2D eigenvalue weighted by Gasteiger charge is 2.32. The van der Waals surface area contributed by atoms with E-state index in [-0.39, 0.29) is 18.5 Å². The van der Waals surface area contributed by atoms with Crippen molar-refractivity contribution in [2.75, 3.05) is 0 Å². The predicted molar refractivity (Wildman–Crippen MR) is 55.0 cm³/mol. The van der Waals surface area contributed by atoms with Gasteiger partial charge in [0.15, 0.2) is 6.29 Å². The van der Waals surface area contributed by atoms with Crippen LogP contribution in [0, 0.1) is 6.92 Å². The highest BCUT2D eigenvalue weighted by molar-refractivity contribution is 5.28. The Balaban J connectivity index is 2.27. The summed E-state index contributed by atoms with van der Waals surface area (Å²) in [7, 11) is 0. The van der Waals surface area contributed by atoms with Crippen LogP contribution in [-0.4, -0.2) is 12.4 Å². The number of ether oxygens (including phenoxy) is 2. The molecule has 0 aliphatic carbocycles. The van der Waals surface area contributed by atoms with Crippen LogP contribution in [0.3, 0.4) is 0 Å². The van der Waals surface area contributed by atoms with Crippen LogP contribution in [-0.2, 0) is 9.47 Å². The van der Waals surface area contributed by atoms with Gasteiger partial charge < -0.3 is 9.47 Å². The lowest BCUT2D eigenvalue weighted by Crippen LogP contribution is -2.11. The highest BCUT2D eigenvalue weighted by atomic mass is 16.7. The quantitative estimate of drug-likeness (QED) is 0.681. The summed E-state index contributed by atoms with van der Waals surface area (Å²) < 4.78 is 11.3. The Kier molecular flexibility index (Phi) is 2.57. The van der Waals surface area contributed by atoms with Gasteiger partial charge in [-0.25, -0.2) is 0 Å². The summed E-state index contributed by atoms with van der Waals surface area (Å²) in [6.07, 6.45) is 0.145. The van der Waals surface area contributed by atoms with Crippen molar-refractivity contribution in [3.8, 4) is 0 Å². The van der Waals surface area contributed by atoms with Gasteiger partial charge in [-0.05, 0) is 31.9 Å². The van der Waals surface area contributed by atoms with Crippen molar-refractivity contribution in [1.82, 2.24) is 0 Å². The summed E-state index contributed by atoms with van der Waals surface area (Å²) in [6, 6.07) is 8.30. The minimum atomic E-state index is -0.0883. The summed E-state index contributed by atoms with van der Waals surface area (Å²) in [4.78, 5) is 0. The molecule has 0 N–H and O–H groups in total. The predicted octanol–water partition coefficient (Wildman–Crippen LogP) is 2.82. The van der Waals surface area contributed by atoms with Gasteiger partial charge >= 0.3 is 0 Å². The molecule has 1 aromatic carbocycles. The van der Waals surface area contributed by atoms with E-state index in [9.17, 15) is 0 Å². The average molecular weight is 192 g/mol. The summed E-state index contributed by atoms with van der Waals surface area (Å²) in [5.41, 5.74) is 2.51. The Morgan fingerprint density at radius 2 is 1.79 bits per heavy atom. The molecular formula is C12H16O2. The van der Waals surface area contributed by atoms with Gasteiger partial charge in [0, 0.05) is 0 Å². The van der Waals surface area contributed by atoms with Gasteiger partial charge in [0.25, 0.3) is 0 Å². The van der Waals surface area contributed by atoms with E-state index in [0.29, 0.717) is 0 Å². The van der Waals surface area contributed by atoms with Crippen LogP contribution in [0.4, 0.5) is 0 Å². The van der Waals surface area contributed by atoms with Gasteiger partial charge in [0.2, 0.25) is 0 Å². The van der Waals surface area contributed by atoms with Crippen molar-refractivity contribution < 1.29 is 9.47 Å². The Hall–Kier alpha value is -0.860. The van der Waals surface area contributed by atoms with Crippen LogP contribution in [0.15, 0.2) is 24.3 Å². The lowest BCUT2D eigenvalue weighted by atomic mass is 10.0. The molecule has 1 aromatic rings. The monoisotopic (exact) mass is 192 g/mol. The summed E-state index contributed by atoms with van der Waals surface area (Å²) in [6.45, 7) is 6.10. The molecule has 0 amide bonds. The lowest BCUT2D eigenvalue weighted by Gasteiger charge is -2.15. The molecule has 1 saturated heterocycles. The molecule has 0 bridgehead atoms. The molecule has 1 aliphatic heterocycles. The van der Waals surface area contributed by atoms with Crippen molar-refractivity contribution in [1.29, 1.82) is 0 Å². The second-order valence-electron chi connectivity index (χ2n) is 3.82. The third kappa shape index (κ3) is 1.68. The topological polar surface area (TPSA) is 18.5 Å². The van der Waals surface area contributed by atoms with Crippen LogP contribution in [0.2, 0.25) is 0 Å². The Labute approximate surface area is 84.8 Å². The number of rotatable bonds is 1. The summed E-state index contributed by atoms with van der Waals surface area (Å²) in [5, 5.41) is 0. The van der Waals surface area contributed by atoms with Gasteiger partial charge in [-0.2, -0.15) is 0 Å². The summed E-state index contributed by atoms with van der Waals surface area (Å²) >= 11 is 0. The first-order chi connectivity index (χ1) is 6.68. The average Bonchev–Trinajstić information content (AvgIpc) is 2.46. The standard InChI is InChI=1S/C12H16O2/c1-8-6-4-5-7-11(8)12-9(2)13-10(3)14-12/h4-7,9-10,12H,1-3H3. The van der Waals surface area contributed by atoms with E-state index in [2.05, 4.69) is 26.0 Å². The van der Waals surface area contributed by atoms with Crippen molar-refractivity contribution in [3.63, 3.8) is 0 Å². The van der Waals surface area contributed by atoms with Gasteiger partial charge in [0.1, 0.15) is 6.10 Å². The number of hydrogen-bond donors (Lipinski definition) is 0. The number of aryl methyl sites for hydroxylation is 1. The molecule has 1 heterocycles. The molecule has 3 atom stereocenters. The molecule has 2 nitrogen and oxygen atoms in total. The van der Waals surface area contributed by atoms with Crippen molar-refractivity contribution in [2.24, 2.45) is 0 Å². The molecule has 14 heavy (non-hydrogen) atoms. The molecule has 2 rings (SSSR count).